The fraction of sp³-hybridized carbons (Fsp3) is 0.182. The summed E-state index contributed by atoms with van der Waals surface area (Å²) in [6, 6.07) is 15.8. The molecule has 0 aliphatic rings. The van der Waals surface area contributed by atoms with Gasteiger partial charge in [0, 0.05) is 11.0 Å². The highest BCUT2D eigenvalue weighted by atomic mass is 16.6. The van der Waals surface area contributed by atoms with Crippen molar-refractivity contribution in [2.24, 2.45) is 0 Å². The number of ether oxygens (including phenoxy) is 2. The normalized spacial score (nSPS) is 10.6. The lowest BCUT2D eigenvalue weighted by molar-refractivity contribution is -0.138. The summed E-state index contributed by atoms with van der Waals surface area (Å²) in [7, 11) is 0. The minimum Gasteiger partial charge on any atom is -0.460 e. The molecule has 5 nitrogen and oxygen atoms in total. The van der Waals surface area contributed by atoms with Gasteiger partial charge in [0.1, 0.15) is 12.4 Å². The molecule has 0 fully saturated rings. The number of benzene rings is 3. The molecule has 0 aliphatic carbocycles. The van der Waals surface area contributed by atoms with Crippen molar-refractivity contribution < 1.29 is 19.1 Å². The Labute approximate surface area is 157 Å². The predicted molar refractivity (Wildman–Crippen MR) is 106 cm³/mol. The Morgan fingerprint density at radius 1 is 1.07 bits per heavy atom. The van der Waals surface area contributed by atoms with E-state index in [-0.39, 0.29) is 13.2 Å². The first-order valence-electron chi connectivity index (χ1n) is 8.67. The van der Waals surface area contributed by atoms with Crippen molar-refractivity contribution in [2.75, 3.05) is 13.2 Å². The van der Waals surface area contributed by atoms with E-state index in [9.17, 15) is 9.59 Å². The maximum absolute atomic E-state index is 12.1. The molecule has 1 amide bonds. The number of fused-ring (bicyclic) bond motifs is 2. The van der Waals surface area contributed by atoms with Crippen LogP contribution in [0.25, 0.3) is 21.5 Å². The van der Waals surface area contributed by atoms with Gasteiger partial charge in [0.2, 0.25) is 0 Å². The lowest BCUT2D eigenvalue weighted by Gasteiger charge is -2.13. The Hall–Kier alpha value is -3.34. The van der Waals surface area contributed by atoms with E-state index in [4.69, 9.17) is 9.47 Å². The van der Waals surface area contributed by atoms with Crippen LogP contribution in [0.1, 0.15) is 12.5 Å². The smallest absolute Gasteiger partial charge is 0.412 e. The van der Waals surface area contributed by atoms with Crippen LogP contribution >= 0.6 is 0 Å². The minimum absolute atomic E-state index is 0.0556. The second-order valence-corrected chi connectivity index (χ2v) is 6.31. The van der Waals surface area contributed by atoms with Crippen LogP contribution in [0.15, 0.2) is 60.7 Å². The Morgan fingerprint density at radius 2 is 1.81 bits per heavy atom. The van der Waals surface area contributed by atoms with E-state index in [1.807, 2.05) is 31.2 Å². The Kier molecular flexibility index (Phi) is 5.41. The van der Waals surface area contributed by atoms with Crippen LogP contribution in [0.4, 0.5) is 4.79 Å². The summed E-state index contributed by atoms with van der Waals surface area (Å²) in [4.78, 5) is 23.4. The molecular weight excluding hydrogens is 342 g/mol. The zero-order chi connectivity index (χ0) is 19.4. The fourth-order valence-corrected chi connectivity index (χ4v) is 2.98. The van der Waals surface area contributed by atoms with E-state index in [1.165, 1.54) is 0 Å². The number of amides is 1. The zero-order valence-electron chi connectivity index (χ0n) is 15.4. The predicted octanol–water partition coefficient (Wildman–Crippen LogP) is 4.51. The van der Waals surface area contributed by atoms with Crippen LogP contribution in [0.3, 0.4) is 0 Å². The molecule has 0 radical (unpaired) electrons. The molecule has 0 spiro atoms. The van der Waals surface area contributed by atoms with Gasteiger partial charge < -0.3 is 14.8 Å². The average Bonchev–Trinajstić information content (AvgIpc) is 2.65. The summed E-state index contributed by atoms with van der Waals surface area (Å²) >= 11 is 0. The number of nitrogens with one attached hydrogen (secondary N) is 1. The standard InChI is InChI=1S/C22H21NO4/c1-14(2)21(24)26-12-11-23-22(25)27-19-10-6-8-17-13-16-7-4-5-9-18(16)15(3)20(17)19/h4-10,13H,1,11-12H2,2-3H3,(H,23,25). The monoisotopic (exact) mass is 363 g/mol. The highest BCUT2D eigenvalue weighted by Crippen LogP contribution is 2.34. The van der Waals surface area contributed by atoms with Gasteiger partial charge >= 0.3 is 12.1 Å². The minimum atomic E-state index is -0.596. The van der Waals surface area contributed by atoms with E-state index < -0.39 is 12.1 Å². The molecule has 3 aromatic rings. The van der Waals surface area contributed by atoms with Gasteiger partial charge in [-0.2, -0.15) is 0 Å². The summed E-state index contributed by atoms with van der Waals surface area (Å²) in [6.45, 7) is 7.30. The second kappa shape index (κ2) is 7.91. The average molecular weight is 363 g/mol. The van der Waals surface area contributed by atoms with Gasteiger partial charge in [0.05, 0.1) is 6.54 Å². The Bertz CT molecular complexity index is 1040. The van der Waals surface area contributed by atoms with E-state index in [2.05, 4.69) is 30.1 Å². The van der Waals surface area contributed by atoms with Crippen molar-refractivity contribution in [1.82, 2.24) is 5.32 Å². The number of aryl methyl sites for hydroxylation is 1. The molecule has 27 heavy (non-hydrogen) atoms. The van der Waals surface area contributed by atoms with Crippen molar-refractivity contribution >= 4 is 33.6 Å². The Balaban J connectivity index is 1.75. The molecule has 0 saturated heterocycles. The highest BCUT2D eigenvalue weighted by Gasteiger charge is 2.12. The molecule has 0 saturated carbocycles. The molecule has 0 heterocycles. The van der Waals surface area contributed by atoms with Crippen molar-refractivity contribution in [2.45, 2.75) is 13.8 Å². The quantitative estimate of drug-likeness (QED) is 0.313. The van der Waals surface area contributed by atoms with E-state index in [0.717, 1.165) is 27.1 Å². The number of hydrogen-bond acceptors (Lipinski definition) is 4. The van der Waals surface area contributed by atoms with Gasteiger partial charge in [0.25, 0.3) is 0 Å². The molecule has 0 unspecified atom stereocenters. The van der Waals surface area contributed by atoms with E-state index in [0.29, 0.717) is 11.3 Å². The summed E-state index contributed by atoms with van der Waals surface area (Å²) in [6.07, 6.45) is -0.596. The van der Waals surface area contributed by atoms with E-state index >= 15 is 0 Å². The van der Waals surface area contributed by atoms with Crippen molar-refractivity contribution in [3.05, 3.63) is 66.2 Å². The maximum atomic E-state index is 12.1. The van der Waals surface area contributed by atoms with Gasteiger partial charge in [-0.15, -0.1) is 0 Å². The molecule has 0 bridgehead atoms. The lowest BCUT2D eigenvalue weighted by atomic mass is 9.97. The number of hydrogen-bond donors (Lipinski definition) is 1. The topological polar surface area (TPSA) is 64.6 Å². The van der Waals surface area contributed by atoms with Crippen molar-refractivity contribution in [3.63, 3.8) is 0 Å². The molecular formula is C22H21NO4. The van der Waals surface area contributed by atoms with Crippen LogP contribution in [-0.4, -0.2) is 25.2 Å². The lowest BCUT2D eigenvalue weighted by Crippen LogP contribution is -2.30. The van der Waals surface area contributed by atoms with Gasteiger partial charge in [-0.05, 0) is 47.7 Å². The zero-order valence-corrected chi connectivity index (χ0v) is 15.4. The largest absolute Gasteiger partial charge is 0.460 e. The fourth-order valence-electron chi connectivity index (χ4n) is 2.98. The van der Waals surface area contributed by atoms with Gasteiger partial charge in [-0.1, -0.05) is 43.0 Å². The highest BCUT2D eigenvalue weighted by molar-refractivity contribution is 6.05. The van der Waals surface area contributed by atoms with Crippen LogP contribution in [0, 0.1) is 6.92 Å². The maximum Gasteiger partial charge on any atom is 0.412 e. The summed E-state index contributed by atoms with van der Waals surface area (Å²) in [5.74, 6) is 0.00825. The second-order valence-electron chi connectivity index (χ2n) is 6.31. The SMILES string of the molecule is C=C(C)C(=O)OCCNC(=O)Oc1cccc2cc3ccccc3c(C)c12. The van der Waals surface area contributed by atoms with Crippen molar-refractivity contribution in [3.8, 4) is 5.75 Å². The molecule has 0 aromatic heterocycles. The van der Waals surface area contributed by atoms with Crippen LogP contribution in [0.5, 0.6) is 5.75 Å². The van der Waals surface area contributed by atoms with Crippen molar-refractivity contribution in [1.29, 1.82) is 0 Å². The third kappa shape index (κ3) is 4.08. The van der Waals surface area contributed by atoms with Gasteiger partial charge in [-0.3, -0.25) is 0 Å². The van der Waals surface area contributed by atoms with E-state index in [1.54, 1.807) is 13.0 Å². The third-order valence-electron chi connectivity index (χ3n) is 4.26. The number of rotatable bonds is 5. The number of carbonyl (C=O) groups excluding carboxylic acids is 2. The summed E-state index contributed by atoms with van der Waals surface area (Å²) < 4.78 is 10.4. The van der Waals surface area contributed by atoms with Crippen LogP contribution in [0.2, 0.25) is 0 Å². The third-order valence-corrected chi connectivity index (χ3v) is 4.26. The van der Waals surface area contributed by atoms with Crippen LogP contribution < -0.4 is 10.1 Å². The van der Waals surface area contributed by atoms with Gasteiger partial charge in [-0.25, -0.2) is 9.59 Å². The summed E-state index contributed by atoms with van der Waals surface area (Å²) in [5, 5.41) is 6.75. The molecule has 0 atom stereocenters. The molecule has 5 heteroatoms. The Morgan fingerprint density at radius 3 is 2.59 bits per heavy atom. The molecule has 138 valence electrons. The van der Waals surface area contributed by atoms with Gasteiger partial charge in [0.15, 0.2) is 0 Å². The molecule has 1 N–H and O–H groups in total. The van der Waals surface area contributed by atoms with Crippen LogP contribution in [-0.2, 0) is 9.53 Å². The molecule has 3 rings (SSSR count). The number of carbonyl (C=O) groups is 2. The summed E-state index contributed by atoms with van der Waals surface area (Å²) in [5.41, 5.74) is 1.37. The molecule has 0 aliphatic heterocycles. The first-order valence-corrected chi connectivity index (χ1v) is 8.67. The first kappa shape index (κ1) is 18.5. The molecule has 3 aromatic carbocycles. The number of esters is 1. The first-order chi connectivity index (χ1) is 13.0.